The van der Waals surface area contributed by atoms with Gasteiger partial charge in [0, 0.05) is 19.1 Å². The number of nitrogens with one attached hydrogen (secondary N) is 2. The summed E-state index contributed by atoms with van der Waals surface area (Å²) in [7, 11) is 0. The number of aliphatic imine (C=N–C) groups is 1. The zero-order valence-corrected chi connectivity index (χ0v) is 16.2. The maximum absolute atomic E-state index is 12.5. The molecule has 1 saturated heterocycles. The van der Waals surface area contributed by atoms with Crippen molar-refractivity contribution >= 4 is 12.1 Å². The van der Waals surface area contributed by atoms with Crippen molar-refractivity contribution in [3.8, 4) is 0 Å². The molecule has 0 bridgehead atoms. The summed E-state index contributed by atoms with van der Waals surface area (Å²) in [5, 5.41) is 6.79. The minimum atomic E-state index is -0.464. The van der Waals surface area contributed by atoms with Crippen LogP contribution in [0.3, 0.4) is 0 Å². The van der Waals surface area contributed by atoms with E-state index in [4.69, 9.17) is 9.73 Å². The van der Waals surface area contributed by atoms with Gasteiger partial charge >= 0.3 is 6.09 Å². The first-order chi connectivity index (χ1) is 11.9. The lowest BCUT2D eigenvalue weighted by Crippen LogP contribution is -2.48. The normalized spacial score (nSPS) is 22.2. The Morgan fingerprint density at radius 2 is 2.00 bits per heavy atom. The number of nitrogens with zero attached hydrogens (tertiary/aromatic N) is 2. The number of guanidine groups is 1. The van der Waals surface area contributed by atoms with Crippen LogP contribution in [0.1, 0.15) is 59.8 Å². The van der Waals surface area contributed by atoms with Gasteiger partial charge in [0.1, 0.15) is 5.60 Å². The van der Waals surface area contributed by atoms with Gasteiger partial charge in [0.25, 0.3) is 0 Å². The van der Waals surface area contributed by atoms with E-state index in [2.05, 4.69) is 29.7 Å². The average Bonchev–Trinajstić information content (AvgIpc) is 3.04. The van der Waals surface area contributed by atoms with Crippen molar-refractivity contribution < 1.29 is 9.53 Å². The minimum absolute atomic E-state index is 0.112. The average molecular weight is 351 g/mol. The Balaban J connectivity index is 1.96. The Morgan fingerprint density at radius 3 is 2.64 bits per heavy atom. The molecule has 0 radical (unpaired) electrons. The van der Waals surface area contributed by atoms with Crippen LogP contribution in [0.4, 0.5) is 4.79 Å². The highest BCUT2D eigenvalue weighted by Gasteiger charge is 2.30. The van der Waals surface area contributed by atoms with Crippen LogP contribution in [-0.2, 0) is 4.74 Å². The monoisotopic (exact) mass is 350 g/mol. The molecule has 0 aromatic carbocycles. The number of amides is 1. The fraction of sp³-hybridized carbons (Fsp3) is 0.789. The van der Waals surface area contributed by atoms with E-state index in [0.29, 0.717) is 12.6 Å². The molecule has 142 valence electrons. The number of carbonyl (C=O) groups is 1. The summed E-state index contributed by atoms with van der Waals surface area (Å²) in [4.78, 5) is 19.1. The lowest BCUT2D eigenvalue weighted by Gasteiger charge is -2.36. The predicted molar refractivity (Wildman–Crippen MR) is 102 cm³/mol. The Morgan fingerprint density at radius 1 is 1.28 bits per heavy atom. The van der Waals surface area contributed by atoms with Gasteiger partial charge < -0.3 is 20.3 Å². The van der Waals surface area contributed by atoms with Crippen molar-refractivity contribution in [3.05, 3.63) is 12.2 Å². The van der Waals surface area contributed by atoms with Gasteiger partial charge in [-0.15, -0.1) is 0 Å². The second-order valence-electron chi connectivity index (χ2n) is 7.83. The third-order valence-corrected chi connectivity index (χ3v) is 4.41. The van der Waals surface area contributed by atoms with Gasteiger partial charge in [-0.1, -0.05) is 12.2 Å². The van der Waals surface area contributed by atoms with Gasteiger partial charge in [0.15, 0.2) is 5.96 Å². The van der Waals surface area contributed by atoms with E-state index in [0.717, 1.165) is 51.2 Å². The molecule has 1 atom stereocenters. The van der Waals surface area contributed by atoms with Crippen molar-refractivity contribution in [3.63, 3.8) is 0 Å². The van der Waals surface area contributed by atoms with E-state index in [1.807, 2.05) is 25.7 Å². The first kappa shape index (κ1) is 19.6. The summed E-state index contributed by atoms with van der Waals surface area (Å²) in [6.07, 6.45) is 9.41. The molecule has 2 rings (SSSR count). The van der Waals surface area contributed by atoms with Crippen LogP contribution in [0.25, 0.3) is 0 Å². The zero-order valence-electron chi connectivity index (χ0n) is 16.2. The minimum Gasteiger partial charge on any atom is -0.444 e. The maximum Gasteiger partial charge on any atom is 0.410 e. The molecule has 6 nitrogen and oxygen atoms in total. The topological polar surface area (TPSA) is 66.0 Å². The number of hydrogen-bond acceptors (Lipinski definition) is 3. The molecule has 1 aliphatic heterocycles. The summed E-state index contributed by atoms with van der Waals surface area (Å²) in [6.45, 7) is 9.98. The molecule has 0 saturated carbocycles. The maximum atomic E-state index is 12.5. The molecular weight excluding hydrogens is 316 g/mol. The fourth-order valence-electron chi connectivity index (χ4n) is 3.20. The summed E-state index contributed by atoms with van der Waals surface area (Å²) >= 11 is 0. The first-order valence-electron chi connectivity index (χ1n) is 9.58. The molecule has 25 heavy (non-hydrogen) atoms. The van der Waals surface area contributed by atoms with Gasteiger partial charge in [-0.2, -0.15) is 0 Å². The largest absolute Gasteiger partial charge is 0.444 e. The second kappa shape index (κ2) is 9.11. The summed E-state index contributed by atoms with van der Waals surface area (Å²) < 4.78 is 5.57. The van der Waals surface area contributed by atoms with E-state index in [1.165, 1.54) is 0 Å². The second-order valence-corrected chi connectivity index (χ2v) is 7.83. The van der Waals surface area contributed by atoms with E-state index >= 15 is 0 Å². The van der Waals surface area contributed by atoms with Crippen molar-refractivity contribution in [2.75, 3.05) is 19.6 Å². The standard InChI is InChI=1S/C19H34N4O2/c1-5-20-17(22-15-10-6-7-11-15)21-14-16-12-8-9-13-23(16)18(24)25-19(2,3)4/h6-7,15-16H,5,8-14H2,1-4H3,(H2,20,21,22). The number of piperidine rings is 1. The van der Waals surface area contributed by atoms with Crippen molar-refractivity contribution in [2.24, 2.45) is 4.99 Å². The van der Waals surface area contributed by atoms with Gasteiger partial charge in [-0.3, -0.25) is 4.99 Å². The molecule has 2 N–H and O–H groups in total. The summed E-state index contributed by atoms with van der Waals surface area (Å²) in [6, 6.07) is 0.534. The van der Waals surface area contributed by atoms with Crippen LogP contribution in [-0.4, -0.2) is 54.3 Å². The smallest absolute Gasteiger partial charge is 0.410 e. The van der Waals surface area contributed by atoms with Crippen LogP contribution in [0.15, 0.2) is 17.1 Å². The molecule has 1 aliphatic carbocycles. The predicted octanol–water partition coefficient (Wildman–Crippen LogP) is 3.05. The quantitative estimate of drug-likeness (QED) is 0.465. The zero-order chi connectivity index (χ0) is 18.3. The molecule has 6 heteroatoms. The molecule has 0 spiro atoms. The fourth-order valence-corrected chi connectivity index (χ4v) is 3.20. The lowest BCUT2D eigenvalue weighted by atomic mass is 10.0. The molecule has 0 aromatic heterocycles. The van der Waals surface area contributed by atoms with Crippen LogP contribution >= 0.6 is 0 Å². The van der Waals surface area contributed by atoms with Gasteiger partial charge in [0.2, 0.25) is 0 Å². The van der Waals surface area contributed by atoms with Crippen molar-refractivity contribution in [2.45, 2.75) is 77.5 Å². The van der Waals surface area contributed by atoms with E-state index in [-0.39, 0.29) is 12.1 Å². The third-order valence-electron chi connectivity index (χ3n) is 4.41. The first-order valence-corrected chi connectivity index (χ1v) is 9.58. The molecule has 1 heterocycles. The number of carbonyl (C=O) groups excluding carboxylic acids is 1. The number of ether oxygens (including phenoxy) is 1. The van der Waals surface area contributed by atoms with Crippen LogP contribution in [0, 0.1) is 0 Å². The number of likely N-dealkylation sites (tertiary alicyclic amines) is 1. The van der Waals surface area contributed by atoms with Gasteiger partial charge in [0.05, 0.1) is 12.6 Å². The SMILES string of the molecule is CCNC(=NCC1CCCCN1C(=O)OC(C)(C)C)NC1CC=CC1. The Labute approximate surface area is 152 Å². The van der Waals surface area contributed by atoms with Gasteiger partial charge in [-0.25, -0.2) is 4.79 Å². The lowest BCUT2D eigenvalue weighted by molar-refractivity contribution is 0.0109. The summed E-state index contributed by atoms with van der Waals surface area (Å²) in [5.74, 6) is 0.839. The number of rotatable bonds is 4. The van der Waals surface area contributed by atoms with Gasteiger partial charge in [-0.05, 0) is 59.8 Å². The molecular formula is C19H34N4O2. The van der Waals surface area contributed by atoms with E-state index < -0.39 is 5.60 Å². The van der Waals surface area contributed by atoms with Crippen LogP contribution in [0.5, 0.6) is 0 Å². The molecule has 1 unspecified atom stereocenters. The number of hydrogen-bond donors (Lipinski definition) is 2. The van der Waals surface area contributed by atoms with E-state index in [9.17, 15) is 4.79 Å². The highest BCUT2D eigenvalue weighted by Crippen LogP contribution is 2.20. The Kier molecular flexibility index (Phi) is 7.14. The van der Waals surface area contributed by atoms with Crippen LogP contribution in [0.2, 0.25) is 0 Å². The van der Waals surface area contributed by atoms with Crippen molar-refractivity contribution in [1.29, 1.82) is 0 Å². The Hall–Kier alpha value is -1.72. The molecule has 1 amide bonds. The molecule has 2 aliphatic rings. The molecule has 1 fully saturated rings. The van der Waals surface area contributed by atoms with E-state index in [1.54, 1.807) is 0 Å². The van der Waals surface area contributed by atoms with Crippen LogP contribution < -0.4 is 10.6 Å². The highest BCUT2D eigenvalue weighted by molar-refractivity contribution is 5.80. The Bertz CT molecular complexity index is 488. The molecule has 0 aromatic rings. The summed E-state index contributed by atoms with van der Waals surface area (Å²) in [5.41, 5.74) is -0.464. The van der Waals surface area contributed by atoms with Crippen molar-refractivity contribution in [1.82, 2.24) is 15.5 Å². The third kappa shape index (κ3) is 6.59. The highest BCUT2D eigenvalue weighted by atomic mass is 16.6.